The van der Waals surface area contributed by atoms with Crippen LogP contribution in [0.15, 0.2) is 0 Å². The number of carbonyl (C=O) groups excluding carboxylic acids is 1. The number of nitrogens with one attached hydrogen (secondary N) is 2. The molecule has 20 heavy (non-hydrogen) atoms. The number of rotatable bonds is 7. The smallest absolute Gasteiger partial charge is 0.221 e. The van der Waals surface area contributed by atoms with Crippen molar-refractivity contribution in [1.82, 2.24) is 10.6 Å². The number of sulfone groups is 1. The van der Waals surface area contributed by atoms with Crippen LogP contribution in [0, 0.1) is 0 Å². The summed E-state index contributed by atoms with van der Waals surface area (Å²) >= 11 is 0. The fourth-order valence-electron chi connectivity index (χ4n) is 2.56. The van der Waals surface area contributed by atoms with Gasteiger partial charge in [-0.15, -0.1) is 0 Å². The van der Waals surface area contributed by atoms with E-state index in [0.717, 1.165) is 25.7 Å². The fraction of sp³-hybridized carbons (Fsp3) is 0.929. The van der Waals surface area contributed by atoms with Gasteiger partial charge in [0, 0.05) is 31.3 Å². The summed E-state index contributed by atoms with van der Waals surface area (Å²) in [4.78, 5) is 11.6. The summed E-state index contributed by atoms with van der Waals surface area (Å²) in [6, 6.07) is 0.437. The third-order valence-electron chi connectivity index (χ3n) is 4.04. The lowest BCUT2D eigenvalue weighted by molar-refractivity contribution is -0.121. The Kier molecular flexibility index (Phi) is 6.95. The fourth-order valence-corrected chi connectivity index (χ4v) is 3.73. The second kappa shape index (κ2) is 7.98. The summed E-state index contributed by atoms with van der Waals surface area (Å²) in [6.07, 6.45) is 6.08. The highest BCUT2D eigenvalue weighted by molar-refractivity contribution is 7.91. The molecule has 0 heterocycles. The van der Waals surface area contributed by atoms with Crippen molar-refractivity contribution >= 4 is 15.7 Å². The van der Waals surface area contributed by atoms with Crippen LogP contribution in [0.3, 0.4) is 0 Å². The van der Waals surface area contributed by atoms with Crippen molar-refractivity contribution in [2.24, 2.45) is 0 Å². The normalized spacial score (nSPS) is 25.1. The standard InChI is InChI=1S/C14H28N2O3S/c1-4-11(2)16-14(17)8-9-15-12-6-5-7-13(10-12)20(3,18)19/h11-13,15H,4-10H2,1-3H3,(H,16,17). The molecule has 1 aliphatic rings. The minimum absolute atomic E-state index is 0.0577. The Morgan fingerprint density at radius 1 is 1.35 bits per heavy atom. The number of hydrogen-bond donors (Lipinski definition) is 2. The summed E-state index contributed by atoms with van der Waals surface area (Å²) in [5.74, 6) is 0.0577. The quantitative estimate of drug-likeness (QED) is 0.742. The van der Waals surface area contributed by atoms with Gasteiger partial charge in [0.15, 0.2) is 0 Å². The minimum atomic E-state index is -2.94. The molecular formula is C14H28N2O3S. The summed E-state index contributed by atoms with van der Waals surface area (Å²) in [5, 5.41) is 6.03. The van der Waals surface area contributed by atoms with Crippen molar-refractivity contribution in [1.29, 1.82) is 0 Å². The van der Waals surface area contributed by atoms with Gasteiger partial charge in [-0.3, -0.25) is 4.79 Å². The highest BCUT2D eigenvalue weighted by Gasteiger charge is 2.28. The zero-order chi connectivity index (χ0) is 15.2. The van der Waals surface area contributed by atoms with Gasteiger partial charge >= 0.3 is 0 Å². The third-order valence-corrected chi connectivity index (χ3v) is 5.68. The Labute approximate surface area is 122 Å². The van der Waals surface area contributed by atoms with Gasteiger partial charge < -0.3 is 10.6 Å². The second-order valence-electron chi connectivity index (χ2n) is 5.90. The van der Waals surface area contributed by atoms with E-state index in [4.69, 9.17) is 0 Å². The van der Waals surface area contributed by atoms with Crippen LogP contribution in [0.25, 0.3) is 0 Å². The number of carbonyl (C=O) groups is 1. The lowest BCUT2D eigenvalue weighted by atomic mass is 9.95. The first kappa shape index (κ1) is 17.4. The van der Waals surface area contributed by atoms with Gasteiger partial charge in [-0.2, -0.15) is 0 Å². The highest BCUT2D eigenvalue weighted by Crippen LogP contribution is 2.23. The van der Waals surface area contributed by atoms with Crippen LogP contribution in [0.2, 0.25) is 0 Å². The molecular weight excluding hydrogens is 276 g/mol. The number of amides is 1. The SMILES string of the molecule is CCC(C)NC(=O)CCNC1CCCC(S(C)(=O)=O)C1. The van der Waals surface area contributed by atoms with Crippen LogP contribution in [-0.2, 0) is 14.6 Å². The third kappa shape index (κ3) is 6.22. The lowest BCUT2D eigenvalue weighted by Crippen LogP contribution is -2.41. The molecule has 0 aromatic rings. The van der Waals surface area contributed by atoms with Crippen molar-refractivity contribution in [3.8, 4) is 0 Å². The van der Waals surface area contributed by atoms with Crippen molar-refractivity contribution < 1.29 is 13.2 Å². The molecule has 1 saturated carbocycles. The van der Waals surface area contributed by atoms with Gasteiger partial charge in [-0.25, -0.2) is 8.42 Å². The molecule has 2 N–H and O–H groups in total. The predicted octanol–water partition coefficient (Wildman–Crippen LogP) is 1.24. The maximum absolute atomic E-state index is 11.6. The van der Waals surface area contributed by atoms with Gasteiger partial charge in [-0.05, 0) is 32.6 Å². The molecule has 0 aliphatic heterocycles. The molecule has 6 heteroatoms. The van der Waals surface area contributed by atoms with E-state index in [-0.39, 0.29) is 23.2 Å². The average Bonchev–Trinajstić information content (AvgIpc) is 2.38. The van der Waals surface area contributed by atoms with E-state index in [2.05, 4.69) is 10.6 Å². The van der Waals surface area contributed by atoms with E-state index in [1.165, 1.54) is 6.26 Å². The molecule has 0 bridgehead atoms. The molecule has 3 atom stereocenters. The van der Waals surface area contributed by atoms with Crippen molar-refractivity contribution in [3.63, 3.8) is 0 Å². The maximum atomic E-state index is 11.6. The van der Waals surface area contributed by atoms with Crippen molar-refractivity contribution in [2.75, 3.05) is 12.8 Å². The molecule has 118 valence electrons. The zero-order valence-electron chi connectivity index (χ0n) is 12.8. The van der Waals surface area contributed by atoms with Crippen molar-refractivity contribution in [3.05, 3.63) is 0 Å². The van der Waals surface area contributed by atoms with E-state index in [0.29, 0.717) is 19.4 Å². The van der Waals surface area contributed by atoms with Crippen LogP contribution in [-0.4, -0.2) is 44.5 Å². The Bertz CT molecular complexity index is 409. The van der Waals surface area contributed by atoms with Gasteiger partial charge in [0.25, 0.3) is 0 Å². The van der Waals surface area contributed by atoms with Crippen LogP contribution in [0.4, 0.5) is 0 Å². The first-order chi connectivity index (χ1) is 9.32. The van der Waals surface area contributed by atoms with E-state index in [1.54, 1.807) is 0 Å². The Morgan fingerprint density at radius 3 is 2.65 bits per heavy atom. The molecule has 0 saturated heterocycles. The molecule has 0 aromatic carbocycles. The van der Waals surface area contributed by atoms with E-state index < -0.39 is 9.84 Å². The second-order valence-corrected chi connectivity index (χ2v) is 8.22. The molecule has 0 aromatic heterocycles. The maximum Gasteiger partial charge on any atom is 0.221 e. The van der Waals surface area contributed by atoms with E-state index in [1.807, 2.05) is 13.8 Å². The minimum Gasteiger partial charge on any atom is -0.354 e. The summed E-state index contributed by atoms with van der Waals surface area (Å²) in [7, 11) is -2.94. The predicted molar refractivity (Wildman–Crippen MR) is 81.4 cm³/mol. The zero-order valence-corrected chi connectivity index (χ0v) is 13.6. The molecule has 1 fully saturated rings. The van der Waals surface area contributed by atoms with Gasteiger partial charge in [-0.1, -0.05) is 13.3 Å². The Balaban J connectivity index is 2.27. The molecule has 3 unspecified atom stereocenters. The van der Waals surface area contributed by atoms with Crippen molar-refractivity contribution in [2.45, 2.75) is 69.7 Å². The van der Waals surface area contributed by atoms with Crippen LogP contribution < -0.4 is 10.6 Å². The molecule has 1 rings (SSSR count). The van der Waals surface area contributed by atoms with Gasteiger partial charge in [0.1, 0.15) is 9.84 Å². The Hall–Kier alpha value is -0.620. The Morgan fingerprint density at radius 2 is 2.05 bits per heavy atom. The summed E-state index contributed by atoms with van der Waals surface area (Å²) < 4.78 is 23.2. The summed E-state index contributed by atoms with van der Waals surface area (Å²) in [5.41, 5.74) is 0. The first-order valence-electron chi connectivity index (χ1n) is 7.54. The lowest BCUT2D eigenvalue weighted by Gasteiger charge is -2.28. The van der Waals surface area contributed by atoms with Crippen LogP contribution in [0.5, 0.6) is 0 Å². The van der Waals surface area contributed by atoms with Crippen LogP contribution in [0.1, 0.15) is 52.4 Å². The van der Waals surface area contributed by atoms with E-state index in [9.17, 15) is 13.2 Å². The van der Waals surface area contributed by atoms with E-state index >= 15 is 0 Å². The summed E-state index contributed by atoms with van der Waals surface area (Å²) in [6.45, 7) is 4.64. The average molecular weight is 304 g/mol. The van der Waals surface area contributed by atoms with Gasteiger partial charge in [0.2, 0.25) is 5.91 Å². The highest BCUT2D eigenvalue weighted by atomic mass is 32.2. The molecule has 0 spiro atoms. The first-order valence-corrected chi connectivity index (χ1v) is 9.50. The molecule has 5 nitrogen and oxygen atoms in total. The topological polar surface area (TPSA) is 75.3 Å². The molecule has 1 aliphatic carbocycles. The number of hydrogen-bond acceptors (Lipinski definition) is 4. The van der Waals surface area contributed by atoms with Gasteiger partial charge in [0.05, 0.1) is 5.25 Å². The molecule has 1 amide bonds. The largest absolute Gasteiger partial charge is 0.354 e. The van der Waals surface area contributed by atoms with Crippen LogP contribution >= 0.6 is 0 Å². The molecule has 0 radical (unpaired) electrons. The monoisotopic (exact) mass is 304 g/mol.